The normalized spacial score (nSPS) is 13.7. The Morgan fingerprint density at radius 2 is 1.69 bits per heavy atom. The van der Waals surface area contributed by atoms with Gasteiger partial charge in [-0.05, 0) is 31.0 Å². The van der Waals surface area contributed by atoms with Gasteiger partial charge in [-0.2, -0.15) is 5.10 Å². The van der Waals surface area contributed by atoms with Crippen molar-refractivity contribution in [3.63, 3.8) is 0 Å². The number of para-hydroxylation sites is 1. The summed E-state index contributed by atoms with van der Waals surface area (Å²) in [5, 5.41) is 7.21. The third-order valence-corrected chi connectivity index (χ3v) is 5.66. The predicted octanol–water partition coefficient (Wildman–Crippen LogP) is 3.66. The molecule has 7 heteroatoms. The van der Waals surface area contributed by atoms with Crippen LogP contribution in [-0.2, 0) is 16.0 Å². The lowest BCUT2D eigenvalue weighted by atomic mass is 10.1. The maximum Gasteiger partial charge on any atom is 0.291 e. The number of rotatable bonds is 5. The van der Waals surface area contributed by atoms with Gasteiger partial charge >= 0.3 is 0 Å². The van der Waals surface area contributed by atoms with E-state index in [0.717, 1.165) is 23.2 Å². The Hall–Kier alpha value is -3.74. The molecule has 1 aliphatic heterocycles. The summed E-state index contributed by atoms with van der Waals surface area (Å²) < 4.78 is 1.18. The molecule has 1 aromatic heterocycles. The number of fused-ring (bicyclic) bond motifs is 1. The summed E-state index contributed by atoms with van der Waals surface area (Å²) in [6.45, 7) is 5.74. The van der Waals surface area contributed by atoms with E-state index < -0.39 is 11.6 Å². The molecule has 0 saturated heterocycles. The van der Waals surface area contributed by atoms with E-state index in [1.807, 2.05) is 54.6 Å². The standard InChI is InChI=1S/C25H26N4O3/c1-16(2)23(30)26-21-15-20(18-9-5-4-6-10-18)27-29(25(21)32)17(3)24(31)28-14-13-19-11-7-8-12-22(19)28/h4-12,15-17H,13-14H2,1-3H3,(H,26,30). The predicted molar refractivity (Wildman–Crippen MR) is 125 cm³/mol. The zero-order valence-electron chi connectivity index (χ0n) is 18.4. The lowest BCUT2D eigenvalue weighted by molar-refractivity contribution is -0.121. The summed E-state index contributed by atoms with van der Waals surface area (Å²) in [6, 6.07) is 17.9. The minimum Gasteiger partial charge on any atom is -0.321 e. The van der Waals surface area contributed by atoms with E-state index in [9.17, 15) is 14.4 Å². The lowest BCUT2D eigenvalue weighted by Crippen LogP contribution is -2.40. The van der Waals surface area contributed by atoms with Gasteiger partial charge in [0.15, 0.2) is 0 Å². The van der Waals surface area contributed by atoms with Crippen molar-refractivity contribution >= 4 is 23.2 Å². The van der Waals surface area contributed by atoms with E-state index in [2.05, 4.69) is 10.4 Å². The SMILES string of the molecule is CC(C)C(=O)Nc1cc(-c2ccccc2)nn(C(C)C(=O)N2CCc3ccccc32)c1=O. The minimum atomic E-state index is -0.841. The summed E-state index contributed by atoms with van der Waals surface area (Å²) in [5.74, 6) is -0.779. The fourth-order valence-electron chi connectivity index (χ4n) is 3.79. The molecule has 7 nitrogen and oxygen atoms in total. The number of amides is 2. The molecule has 0 spiro atoms. The molecule has 2 amide bonds. The Balaban J connectivity index is 1.76. The highest BCUT2D eigenvalue weighted by atomic mass is 16.2. The van der Waals surface area contributed by atoms with Crippen LogP contribution in [0.3, 0.4) is 0 Å². The Morgan fingerprint density at radius 1 is 1.00 bits per heavy atom. The minimum absolute atomic E-state index is 0.110. The number of hydrogen-bond acceptors (Lipinski definition) is 4. The fourth-order valence-corrected chi connectivity index (χ4v) is 3.79. The molecule has 2 heterocycles. The van der Waals surface area contributed by atoms with Crippen molar-refractivity contribution in [3.05, 3.63) is 76.6 Å². The molecule has 4 rings (SSSR count). The molecular formula is C25H26N4O3. The molecule has 0 radical (unpaired) electrons. The first-order chi connectivity index (χ1) is 15.4. The number of anilines is 2. The Kier molecular flexibility index (Phi) is 5.90. The van der Waals surface area contributed by atoms with Crippen LogP contribution >= 0.6 is 0 Å². The van der Waals surface area contributed by atoms with Crippen LogP contribution in [0.4, 0.5) is 11.4 Å². The zero-order chi connectivity index (χ0) is 22.8. The van der Waals surface area contributed by atoms with Crippen molar-refractivity contribution < 1.29 is 9.59 Å². The maximum absolute atomic E-state index is 13.4. The van der Waals surface area contributed by atoms with Crippen molar-refractivity contribution in [3.8, 4) is 11.3 Å². The van der Waals surface area contributed by atoms with Crippen LogP contribution in [0.1, 0.15) is 32.4 Å². The average molecular weight is 431 g/mol. The Bertz CT molecular complexity index is 1220. The molecule has 1 N–H and O–H groups in total. The molecule has 32 heavy (non-hydrogen) atoms. The second-order valence-electron chi connectivity index (χ2n) is 8.25. The van der Waals surface area contributed by atoms with Crippen molar-refractivity contribution in [1.82, 2.24) is 9.78 Å². The summed E-state index contributed by atoms with van der Waals surface area (Å²) >= 11 is 0. The number of aromatic nitrogens is 2. The molecule has 1 atom stereocenters. The van der Waals surface area contributed by atoms with Gasteiger partial charge in [-0.3, -0.25) is 14.4 Å². The van der Waals surface area contributed by atoms with Crippen LogP contribution in [-0.4, -0.2) is 28.1 Å². The number of carbonyl (C=O) groups excluding carboxylic acids is 2. The largest absolute Gasteiger partial charge is 0.321 e. The highest BCUT2D eigenvalue weighted by Gasteiger charge is 2.30. The van der Waals surface area contributed by atoms with Crippen LogP contribution in [0.15, 0.2) is 65.5 Å². The van der Waals surface area contributed by atoms with E-state index in [1.165, 1.54) is 4.68 Å². The highest BCUT2D eigenvalue weighted by molar-refractivity contribution is 5.98. The molecule has 0 saturated carbocycles. The van der Waals surface area contributed by atoms with Gasteiger partial charge in [-0.1, -0.05) is 62.4 Å². The van der Waals surface area contributed by atoms with Gasteiger partial charge in [0.1, 0.15) is 11.7 Å². The van der Waals surface area contributed by atoms with Gasteiger partial charge in [0.25, 0.3) is 11.5 Å². The smallest absolute Gasteiger partial charge is 0.291 e. The summed E-state index contributed by atoms with van der Waals surface area (Å²) in [5.41, 5.74) is 2.87. The monoisotopic (exact) mass is 430 g/mol. The molecular weight excluding hydrogens is 404 g/mol. The first-order valence-electron chi connectivity index (χ1n) is 10.8. The van der Waals surface area contributed by atoms with E-state index in [-0.39, 0.29) is 23.4 Å². The van der Waals surface area contributed by atoms with Crippen molar-refractivity contribution in [1.29, 1.82) is 0 Å². The maximum atomic E-state index is 13.4. The topological polar surface area (TPSA) is 84.3 Å². The first kappa shape index (κ1) is 21.5. The summed E-state index contributed by atoms with van der Waals surface area (Å²) in [7, 11) is 0. The van der Waals surface area contributed by atoms with E-state index >= 15 is 0 Å². The number of carbonyl (C=O) groups is 2. The van der Waals surface area contributed by atoms with Crippen molar-refractivity contribution in [2.75, 3.05) is 16.8 Å². The lowest BCUT2D eigenvalue weighted by Gasteiger charge is -2.23. The molecule has 1 aliphatic rings. The fraction of sp³-hybridized carbons (Fsp3) is 0.280. The van der Waals surface area contributed by atoms with Crippen LogP contribution in [0.2, 0.25) is 0 Å². The van der Waals surface area contributed by atoms with Crippen molar-refractivity contribution in [2.24, 2.45) is 5.92 Å². The van der Waals surface area contributed by atoms with Gasteiger partial charge < -0.3 is 10.2 Å². The molecule has 0 fully saturated rings. The third-order valence-electron chi connectivity index (χ3n) is 5.66. The van der Waals surface area contributed by atoms with Gasteiger partial charge in [-0.15, -0.1) is 0 Å². The molecule has 1 unspecified atom stereocenters. The van der Waals surface area contributed by atoms with Crippen LogP contribution in [0.5, 0.6) is 0 Å². The molecule has 3 aromatic rings. The molecule has 2 aromatic carbocycles. The second kappa shape index (κ2) is 8.78. The van der Waals surface area contributed by atoms with Crippen LogP contribution in [0, 0.1) is 5.92 Å². The van der Waals surface area contributed by atoms with Gasteiger partial charge in [-0.25, -0.2) is 4.68 Å². The third kappa shape index (κ3) is 4.06. The summed E-state index contributed by atoms with van der Waals surface area (Å²) in [6.07, 6.45) is 0.775. The van der Waals surface area contributed by atoms with Crippen LogP contribution in [0.25, 0.3) is 11.3 Å². The number of benzene rings is 2. The zero-order valence-corrected chi connectivity index (χ0v) is 18.4. The van der Waals surface area contributed by atoms with E-state index in [4.69, 9.17) is 0 Å². The molecule has 164 valence electrons. The quantitative estimate of drug-likeness (QED) is 0.670. The first-order valence-corrected chi connectivity index (χ1v) is 10.8. The number of nitrogens with zero attached hydrogens (tertiary/aromatic N) is 3. The van der Waals surface area contributed by atoms with Gasteiger partial charge in [0.2, 0.25) is 5.91 Å². The van der Waals surface area contributed by atoms with Crippen molar-refractivity contribution in [2.45, 2.75) is 33.2 Å². The Labute approximate surface area is 186 Å². The number of nitrogens with one attached hydrogen (secondary N) is 1. The second-order valence-corrected chi connectivity index (χ2v) is 8.25. The Morgan fingerprint density at radius 3 is 2.41 bits per heavy atom. The van der Waals surface area contributed by atoms with E-state index in [1.54, 1.807) is 31.7 Å². The molecule has 0 bridgehead atoms. The van der Waals surface area contributed by atoms with E-state index in [0.29, 0.717) is 12.2 Å². The number of hydrogen-bond donors (Lipinski definition) is 1. The molecule has 0 aliphatic carbocycles. The average Bonchev–Trinajstić information content (AvgIpc) is 3.24. The van der Waals surface area contributed by atoms with Gasteiger partial charge in [0.05, 0.1) is 5.69 Å². The highest BCUT2D eigenvalue weighted by Crippen LogP contribution is 2.29. The summed E-state index contributed by atoms with van der Waals surface area (Å²) in [4.78, 5) is 40.6. The van der Waals surface area contributed by atoms with Gasteiger partial charge in [0, 0.05) is 23.7 Å². The van der Waals surface area contributed by atoms with Crippen LogP contribution < -0.4 is 15.8 Å².